The monoisotopic (exact) mass is 281 g/mol. The second-order valence-corrected chi connectivity index (χ2v) is 6.38. The largest absolute Gasteiger partial charge is 0.459 e. The Morgan fingerprint density at radius 3 is 2.47 bits per heavy atom. The van der Waals surface area contributed by atoms with Gasteiger partial charge in [0.15, 0.2) is 0 Å². The molecule has 1 rings (SSSR count). The Morgan fingerprint density at radius 1 is 1.32 bits per heavy atom. The highest BCUT2D eigenvalue weighted by Gasteiger charge is 2.17. The summed E-state index contributed by atoms with van der Waals surface area (Å²) in [5.74, 6) is 1.09. The van der Waals surface area contributed by atoms with E-state index in [1.165, 1.54) is 5.56 Å². The molecule has 0 heterocycles. The molecule has 19 heavy (non-hydrogen) atoms. The van der Waals surface area contributed by atoms with E-state index in [1.54, 1.807) is 11.8 Å². The van der Waals surface area contributed by atoms with Crippen molar-refractivity contribution < 1.29 is 9.53 Å². The van der Waals surface area contributed by atoms with Crippen molar-refractivity contribution in [2.45, 2.75) is 32.4 Å². The van der Waals surface area contributed by atoms with Gasteiger partial charge in [0.1, 0.15) is 5.60 Å². The lowest BCUT2D eigenvalue weighted by molar-refractivity contribution is -0.151. The number of ether oxygens (including phenoxy) is 1. The summed E-state index contributed by atoms with van der Waals surface area (Å²) in [6, 6.07) is 10.5. The molecule has 0 radical (unpaired) electrons. The van der Waals surface area contributed by atoms with E-state index in [4.69, 9.17) is 4.74 Å². The lowest BCUT2D eigenvalue weighted by Gasteiger charge is -2.20. The van der Waals surface area contributed by atoms with Gasteiger partial charge in [-0.15, -0.1) is 11.8 Å². The van der Waals surface area contributed by atoms with Gasteiger partial charge in [0, 0.05) is 11.8 Å². The van der Waals surface area contributed by atoms with E-state index >= 15 is 0 Å². The van der Waals surface area contributed by atoms with E-state index in [9.17, 15) is 4.79 Å². The normalized spacial score (nSPS) is 13.1. The summed E-state index contributed by atoms with van der Waals surface area (Å²) in [5, 5.41) is 3.27. The standard InChI is InChI=1S/C15H23NO2S/c1-15(2,3)18-14(17)11-19-10-13(16-4)12-8-6-5-7-9-12/h5-9,13,16H,10-11H2,1-4H3. The zero-order valence-corrected chi connectivity index (χ0v) is 12.9. The molecule has 106 valence electrons. The van der Waals surface area contributed by atoms with Crippen LogP contribution in [0.25, 0.3) is 0 Å². The number of hydrogen-bond donors (Lipinski definition) is 1. The Labute approximate surface area is 120 Å². The molecule has 4 heteroatoms. The number of nitrogens with one attached hydrogen (secondary N) is 1. The van der Waals surface area contributed by atoms with Crippen LogP contribution in [0.2, 0.25) is 0 Å². The Balaban J connectivity index is 2.37. The van der Waals surface area contributed by atoms with Crippen LogP contribution in [0, 0.1) is 0 Å². The molecule has 0 amide bonds. The van der Waals surface area contributed by atoms with E-state index in [1.807, 2.05) is 46.0 Å². The van der Waals surface area contributed by atoms with Gasteiger partial charge in [-0.05, 0) is 33.4 Å². The van der Waals surface area contributed by atoms with Crippen LogP contribution in [-0.2, 0) is 9.53 Å². The zero-order valence-electron chi connectivity index (χ0n) is 12.1. The summed E-state index contributed by atoms with van der Waals surface area (Å²) in [7, 11) is 1.94. The third-order valence-electron chi connectivity index (χ3n) is 2.47. The third kappa shape index (κ3) is 6.64. The minimum absolute atomic E-state index is 0.152. The first-order valence-electron chi connectivity index (χ1n) is 6.44. The molecule has 0 aromatic heterocycles. The van der Waals surface area contributed by atoms with Gasteiger partial charge in [-0.25, -0.2) is 0 Å². The van der Waals surface area contributed by atoms with Crippen molar-refractivity contribution in [1.29, 1.82) is 0 Å². The van der Waals surface area contributed by atoms with Gasteiger partial charge in [-0.3, -0.25) is 4.79 Å². The van der Waals surface area contributed by atoms with Gasteiger partial charge in [0.2, 0.25) is 0 Å². The van der Waals surface area contributed by atoms with Crippen molar-refractivity contribution in [1.82, 2.24) is 5.32 Å². The fourth-order valence-corrected chi connectivity index (χ4v) is 2.60. The minimum atomic E-state index is -0.403. The summed E-state index contributed by atoms with van der Waals surface area (Å²) < 4.78 is 5.28. The Morgan fingerprint density at radius 2 is 1.95 bits per heavy atom. The van der Waals surface area contributed by atoms with Gasteiger partial charge in [0.05, 0.1) is 5.75 Å². The van der Waals surface area contributed by atoms with Crippen molar-refractivity contribution in [2.75, 3.05) is 18.6 Å². The number of carbonyl (C=O) groups excluding carboxylic acids is 1. The summed E-state index contributed by atoms with van der Waals surface area (Å²) >= 11 is 1.59. The lowest BCUT2D eigenvalue weighted by atomic mass is 10.1. The highest BCUT2D eigenvalue weighted by Crippen LogP contribution is 2.18. The van der Waals surface area contributed by atoms with Crippen molar-refractivity contribution in [3.05, 3.63) is 35.9 Å². The summed E-state index contributed by atoms with van der Waals surface area (Å²) in [6.07, 6.45) is 0. The zero-order chi connectivity index (χ0) is 14.3. The first-order valence-corrected chi connectivity index (χ1v) is 7.59. The molecular formula is C15H23NO2S. The number of carbonyl (C=O) groups is 1. The van der Waals surface area contributed by atoms with E-state index in [2.05, 4.69) is 17.4 Å². The maximum atomic E-state index is 11.6. The minimum Gasteiger partial charge on any atom is -0.459 e. The molecule has 1 unspecified atom stereocenters. The number of hydrogen-bond acceptors (Lipinski definition) is 4. The van der Waals surface area contributed by atoms with Crippen molar-refractivity contribution in [2.24, 2.45) is 0 Å². The SMILES string of the molecule is CNC(CSCC(=O)OC(C)(C)C)c1ccccc1. The molecule has 0 aliphatic carbocycles. The molecule has 0 spiro atoms. The van der Waals surface area contributed by atoms with Crippen LogP contribution < -0.4 is 5.32 Å². The molecule has 0 fully saturated rings. The van der Waals surface area contributed by atoms with E-state index in [-0.39, 0.29) is 12.0 Å². The molecule has 0 saturated carbocycles. The lowest BCUT2D eigenvalue weighted by Crippen LogP contribution is -2.25. The average Bonchev–Trinajstić information content (AvgIpc) is 2.33. The molecular weight excluding hydrogens is 258 g/mol. The molecule has 1 atom stereocenters. The molecule has 1 aromatic rings. The van der Waals surface area contributed by atoms with Gasteiger partial charge in [-0.1, -0.05) is 30.3 Å². The average molecular weight is 281 g/mol. The predicted molar refractivity (Wildman–Crippen MR) is 81.4 cm³/mol. The molecule has 0 saturated heterocycles. The molecule has 0 aliphatic rings. The quantitative estimate of drug-likeness (QED) is 0.814. The van der Waals surface area contributed by atoms with Crippen molar-refractivity contribution in [3.8, 4) is 0 Å². The first kappa shape index (κ1) is 16.1. The van der Waals surface area contributed by atoms with Crippen LogP contribution in [-0.4, -0.2) is 30.1 Å². The Hall–Kier alpha value is -1.00. The van der Waals surface area contributed by atoms with Gasteiger partial charge >= 0.3 is 5.97 Å². The highest BCUT2D eigenvalue weighted by molar-refractivity contribution is 7.99. The first-order chi connectivity index (χ1) is 8.92. The highest BCUT2D eigenvalue weighted by atomic mass is 32.2. The number of esters is 1. The van der Waals surface area contributed by atoms with Crippen LogP contribution in [0.3, 0.4) is 0 Å². The summed E-state index contributed by atoms with van der Waals surface area (Å²) in [6.45, 7) is 5.65. The predicted octanol–water partition coefficient (Wildman–Crippen LogP) is 3.02. The summed E-state index contributed by atoms with van der Waals surface area (Å²) in [5.41, 5.74) is 0.834. The van der Waals surface area contributed by atoms with Gasteiger partial charge in [-0.2, -0.15) is 0 Å². The maximum absolute atomic E-state index is 11.6. The van der Waals surface area contributed by atoms with Crippen LogP contribution >= 0.6 is 11.8 Å². The molecule has 1 N–H and O–H groups in total. The molecule has 1 aromatic carbocycles. The van der Waals surface area contributed by atoms with Crippen LogP contribution in [0.1, 0.15) is 32.4 Å². The van der Waals surface area contributed by atoms with Crippen molar-refractivity contribution in [3.63, 3.8) is 0 Å². The van der Waals surface area contributed by atoms with Crippen molar-refractivity contribution >= 4 is 17.7 Å². The number of thioether (sulfide) groups is 1. The van der Waals surface area contributed by atoms with E-state index in [0.717, 1.165) is 5.75 Å². The van der Waals surface area contributed by atoms with Gasteiger partial charge in [0.25, 0.3) is 0 Å². The number of benzene rings is 1. The topological polar surface area (TPSA) is 38.3 Å². The van der Waals surface area contributed by atoms with E-state index < -0.39 is 5.60 Å². The molecule has 0 aliphatic heterocycles. The molecule has 0 bridgehead atoms. The Bertz CT molecular complexity index is 387. The summed E-state index contributed by atoms with van der Waals surface area (Å²) in [4.78, 5) is 11.6. The maximum Gasteiger partial charge on any atom is 0.316 e. The van der Waals surface area contributed by atoms with E-state index in [0.29, 0.717) is 5.75 Å². The second-order valence-electron chi connectivity index (χ2n) is 5.35. The molecule has 3 nitrogen and oxygen atoms in total. The van der Waals surface area contributed by atoms with Crippen LogP contribution in [0.15, 0.2) is 30.3 Å². The fraction of sp³-hybridized carbons (Fsp3) is 0.533. The number of rotatable bonds is 6. The van der Waals surface area contributed by atoms with Crippen LogP contribution in [0.4, 0.5) is 0 Å². The smallest absolute Gasteiger partial charge is 0.316 e. The third-order valence-corrected chi connectivity index (χ3v) is 3.48. The Kier molecular flexibility index (Phi) is 6.38. The second kappa shape index (κ2) is 7.56. The van der Waals surface area contributed by atoms with Gasteiger partial charge < -0.3 is 10.1 Å². The van der Waals surface area contributed by atoms with Crippen LogP contribution in [0.5, 0.6) is 0 Å². The fourth-order valence-electron chi connectivity index (χ4n) is 1.66.